The van der Waals surface area contributed by atoms with Gasteiger partial charge >= 0.3 is 0 Å². The Kier molecular flexibility index (Phi) is 4.19. The van der Waals surface area contributed by atoms with Crippen molar-refractivity contribution in [2.75, 3.05) is 0 Å². The number of pyridine rings is 1. The Labute approximate surface area is 149 Å². The monoisotopic (exact) mass is 347 g/mol. The number of hydrogen-bond acceptors (Lipinski definition) is 4. The number of Topliss-reactive ketones (excluding diaryl/α,β-unsaturated/α-hetero) is 1. The molecular weight excluding hydrogens is 333 g/mol. The van der Waals surface area contributed by atoms with Gasteiger partial charge in [0, 0.05) is 24.0 Å². The molecule has 0 amide bonds. The summed E-state index contributed by atoms with van der Waals surface area (Å²) >= 11 is 0. The third-order valence-corrected chi connectivity index (χ3v) is 4.00. The Morgan fingerprint density at radius 3 is 2.69 bits per heavy atom. The predicted octanol–water partition coefficient (Wildman–Crippen LogP) is 4.42. The third-order valence-electron chi connectivity index (χ3n) is 4.00. The number of ketones is 1. The van der Waals surface area contributed by atoms with Crippen LogP contribution in [0.2, 0.25) is 0 Å². The third kappa shape index (κ3) is 3.19. The lowest BCUT2D eigenvalue weighted by molar-refractivity contribution is 0.101. The van der Waals surface area contributed by atoms with Gasteiger partial charge in [0.15, 0.2) is 5.76 Å². The number of rotatable bonds is 4. The van der Waals surface area contributed by atoms with E-state index in [0.29, 0.717) is 22.6 Å². The highest BCUT2D eigenvalue weighted by molar-refractivity contribution is 6.14. The predicted molar refractivity (Wildman–Crippen MR) is 94.3 cm³/mol. The summed E-state index contributed by atoms with van der Waals surface area (Å²) in [5.74, 6) is 0.684. The normalized spacial score (nSPS) is 14.2. The molecule has 0 fully saturated rings. The number of halogens is 1. The molecule has 0 N–H and O–H groups in total. The van der Waals surface area contributed by atoms with Crippen LogP contribution in [0.4, 0.5) is 4.39 Å². The van der Waals surface area contributed by atoms with Gasteiger partial charge in [-0.25, -0.2) is 4.39 Å². The molecule has 3 aromatic rings. The Morgan fingerprint density at radius 1 is 1.08 bits per heavy atom. The van der Waals surface area contributed by atoms with Crippen molar-refractivity contribution in [3.8, 4) is 11.5 Å². The van der Waals surface area contributed by atoms with Crippen molar-refractivity contribution >= 4 is 11.9 Å². The van der Waals surface area contributed by atoms with Crippen molar-refractivity contribution in [2.24, 2.45) is 0 Å². The molecule has 0 saturated heterocycles. The van der Waals surface area contributed by atoms with Gasteiger partial charge in [-0.2, -0.15) is 0 Å². The van der Waals surface area contributed by atoms with Gasteiger partial charge in [-0.15, -0.1) is 0 Å². The molecule has 0 aliphatic carbocycles. The quantitative estimate of drug-likeness (QED) is 0.656. The summed E-state index contributed by atoms with van der Waals surface area (Å²) in [5.41, 5.74) is 1.76. The van der Waals surface area contributed by atoms with Crippen LogP contribution < -0.4 is 9.47 Å². The van der Waals surface area contributed by atoms with Gasteiger partial charge in [-0.1, -0.05) is 18.2 Å². The van der Waals surface area contributed by atoms with Crippen LogP contribution >= 0.6 is 0 Å². The maximum absolute atomic E-state index is 13.7. The molecule has 0 saturated carbocycles. The summed E-state index contributed by atoms with van der Waals surface area (Å²) < 4.78 is 25.0. The fourth-order valence-corrected chi connectivity index (χ4v) is 2.64. The molecule has 0 spiro atoms. The molecule has 0 bridgehead atoms. The largest absolute Gasteiger partial charge is 0.489 e. The lowest BCUT2D eigenvalue weighted by atomic mass is 10.1. The van der Waals surface area contributed by atoms with Crippen LogP contribution in [-0.4, -0.2) is 10.8 Å². The van der Waals surface area contributed by atoms with E-state index in [0.717, 1.165) is 5.56 Å². The number of carbonyl (C=O) groups is 1. The van der Waals surface area contributed by atoms with Crippen molar-refractivity contribution in [1.29, 1.82) is 0 Å². The molecule has 1 aromatic heterocycles. The second-order valence-corrected chi connectivity index (χ2v) is 5.76. The van der Waals surface area contributed by atoms with E-state index in [2.05, 4.69) is 4.98 Å². The zero-order valence-corrected chi connectivity index (χ0v) is 13.7. The standard InChI is InChI=1S/C21H14FNO3/c22-18-4-2-1-3-15(18)13-25-16-5-6-17-19(12-16)26-20(21(17)24)11-14-7-9-23-10-8-14/h1-12H,13H2/b20-11-. The van der Waals surface area contributed by atoms with Crippen LogP contribution in [-0.2, 0) is 6.61 Å². The van der Waals surface area contributed by atoms with E-state index in [1.54, 1.807) is 67.0 Å². The van der Waals surface area contributed by atoms with E-state index in [1.165, 1.54) is 6.07 Å². The van der Waals surface area contributed by atoms with E-state index in [-0.39, 0.29) is 24.0 Å². The van der Waals surface area contributed by atoms with Crippen molar-refractivity contribution in [3.63, 3.8) is 0 Å². The molecule has 4 nitrogen and oxygen atoms in total. The highest BCUT2D eigenvalue weighted by atomic mass is 19.1. The first-order chi connectivity index (χ1) is 12.7. The number of carbonyl (C=O) groups excluding carboxylic acids is 1. The van der Waals surface area contributed by atoms with E-state index in [9.17, 15) is 9.18 Å². The number of fused-ring (bicyclic) bond motifs is 1. The van der Waals surface area contributed by atoms with Crippen molar-refractivity contribution < 1.29 is 18.7 Å². The molecule has 1 aliphatic rings. The fraction of sp³-hybridized carbons (Fsp3) is 0.0476. The van der Waals surface area contributed by atoms with Crippen molar-refractivity contribution in [1.82, 2.24) is 4.98 Å². The Hall–Kier alpha value is -3.47. The van der Waals surface area contributed by atoms with E-state index in [1.807, 2.05) is 0 Å². The minimum atomic E-state index is -0.317. The number of ether oxygens (including phenoxy) is 2. The topological polar surface area (TPSA) is 48.4 Å². The summed E-state index contributed by atoms with van der Waals surface area (Å²) in [6.45, 7) is 0.0963. The molecule has 5 heteroatoms. The van der Waals surface area contributed by atoms with Gasteiger partial charge < -0.3 is 9.47 Å². The number of aromatic nitrogens is 1. The van der Waals surface area contributed by atoms with Crippen LogP contribution in [0.1, 0.15) is 21.5 Å². The summed E-state index contributed by atoms with van der Waals surface area (Å²) in [6.07, 6.45) is 4.96. The molecule has 128 valence electrons. The molecule has 2 aromatic carbocycles. The average molecular weight is 347 g/mol. The summed E-state index contributed by atoms with van der Waals surface area (Å²) in [7, 11) is 0. The van der Waals surface area contributed by atoms with E-state index >= 15 is 0 Å². The van der Waals surface area contributed by atoms with Crippen LogP contribution in [0, 0.1) is 5.82 Å². The smallest absolute Gasteiger partial charge is 0.231 e. The lowest BCUT2D eigenvalue weighted by Crippen LogP contribution is -1.98. The first-order valence-electron chi connectivity index (χ1n) is 8.05. The van der Waals surface area contributed by atoms with E-state index in [4.69, 9.17) is 9.47 Å². The second kappa shape index (κ2) is 6.80. The highest BCUT2D eigenvalue weighted by Gasteiger charge is 2.27. The molecule has 1 aliphatic heterocycles. The van der Waals surface area contributed by atoms with Crippen molar-refractivity contribution in [3.05, 3.63) is 95.3 Å². The van der Waals surface area contributed by atoms with Gasteiger partial charge in [0.25, 0.3) is 0 Å². The summed E-state index contributed by atoms with van der Waals surface area (Å²) in [6, 6.07) is 15.0. The molecule has 4 rings (SSSR count). The average Bonchev–Trinajstić information content (AvgIpc) is 2.97. The minimum absolute atomic E-state index is 0.0963. The Morgan fingerprint density at radius 2 is 1.88 bits per heavy atom. The molecular formula is C21H14FNO3. The van der Waals surface area contributed by atoms with Gasteiger partial charge in [0.1, 0.15) is 23.9 Å². The number of hydrogen-bond donors (Lipinski definition) is 0. The van der Waals surface area contributed by atoms with Crippen molar-refractivity contribution in [2.45, 2.75) is 6.61 Å². The zero-order chi connectivity index (χ0) is 17.9. The Bertz CT molecular complexity index is 999. The Balaban J connectivity index is 1.53. The van der Waals surface area contributed by atoms with Crippen LogP contribution in [0.5, 0.6) is 11.5 Å². The highest BCUT2D eigenvalue weighted by Crippen LogP contribution is 2.35. The zero-order valence-electron chi connectivity index (χ0n) is 13.7. The maximum Gasteiger partial charge on any atom is 0.231 e. The summed E-state index contributed by atoms with van der Waals surface area (Å²) in [4.78, 5) is 16.4. The van der Waals surface area contributed by atoms with Crippen LogP contribution in [0.3, 0.4) is 0 Å². The minimum Gasteiger partial charge on any atom is -0.489 e. The van der Waals surface area contributed by atoms with Gasteiger partial charge in [-0.3, -0.25) is 9.78 Å². The summed E-state index contributed by atoms with van der Waals surface area (Å²) in [5, 5.41) is 0. The van der Waals surface area contributed by atoms with Gasteiger partial charge in [-0.05, 0) is 42.0 Å². The maximum atomic E-state index is 13.7. The molecule has 0 unspecified atom stereocenters. The van der Waals surface area contributed by atoms with Gasteiger partial charge in [0.05, 0.1) is 5.56 Å². The molecule has 2 heterocycles. The molecule has 26 heavy (non-hydrogen) atoms. The number of allylic oxidation sites excluding steroid dienone is 1. The molecule has 0 radical (unpaired) electrons. The van der Waals surface area contributed by atoms with Gasteiger partial charge in [0.2, 0.25) is 5.78 Å². The second-order valence-electron chi connectivity index (χ2n) is 5.76. The van der Waals surface area contributed by atoms with Crippen LogP contribution in [0.25, 0.3) is 6.08 Å². The fourth-order valence-electron chi connectivity index (χ4n) is 2.64. The van der Waals surface area contributed by atoms with Crippen LogP contribution in [0.15, 0.2) is 72.8 Å². The first-order valence-corrected chi connectivity index (χ1v) is 8.05. The van der Waals surface area contributed by atoms with E-state index < -0.39 is 0 Å². The number of nitrogens with zero attached hydrogens (tertiary/aromatic N) is 1. The SMILES string of the molecule is O=C1/C(=C/c2ccncc2)Oc2cc(OCc3ccccc3F)ccc21. The number of benzene rings is 2. The lowest BCUT2D eigenvalue weighted by Gasteiger charge is -2.08. The molecule has 0 atom stereocenters. The first kappa shape index (κ1) is 16.0.